The minimum Gasteiger partial charge on any atom is -0.480 e. The Morgan fingerprint density at radius 1 is 1.88 bits per heavy atom. The van der Waals surface area contributed by atoms with Crippen molar-refractivity contribution in [2.24, 2.45) is 11.5 Å². The van der Waals surface area contributed by atoms with Crippen LogP contribution in [0.4, 0.5) is 0 Å². The van der Waals surface area contributed by atoms with Gasteiger partial charge in [0, 0.05) is 6.04 Å². The number of carbonyl (C=O) groups is 1. The summed E-state index contributed by atoms with van der Waals surface area (Å²) in [5.74, 6) is -0.995. The third-order valence-electron chi connectivity index (χ3n) is 1.46. The second-order valence-electron chi connectivity index (χ2n) is 2.16. The molecule has 0 aromatic rings. The van der Waals surface area contributed by atoms with Crippen molar-refractivity contribution in [3.8, 4) is 0 Å². The second kappa shape index (κ2) is 1.21. The highest BCUT2D eigenvalue weighted by molar-refractivity contribution is 5.83. The van der Waals surface area contributed by atoms with Gasteiger partial charge in [0.2, 0.25) is 0 Å². The molecule has 4 heteroatoms. The fourth-order valence-electron chi connectivity index (χ4n) is 0.551. The molecule has 0 amide bonds. The van der Waals surface area contributed by atoms with Crippen molar-refractivity contribution < 1.29 is 9.90 Å². The summed E-state index contributed by atoms with van der Waals surface area (Å²) in [6.45, 7) is 0. The van der Waals surface area contributed by atoms with Crippen LogP contribution in [-0.2, 0) is 4.79 Å². The van der Waals surface area contributed by atoms with E-state index in [1.807, 2.05) is 0 Å². The minimum atomic E-state index is -1.10. The Hall–Kier alpha value is -0.610. The van der Waals surface area contributed by atoms with Gasteiger partial charge in [-0.25, -0.2) is 0 Å². The van der Waals surface area contributed by atoms with E-state index in [0.29, 0.717) is 6.42 Å². The van der Waals surface area contributed by atoms with Gasteiger partial charge in [0.15, 0.2) is 0 Å². The summed E-state index contributed by atoms with van der Waals surface area (Å²) in [6, 6.07) is -0.333. The van der Waals surface area contributed by atoms with Crippen LogP contribution in [0.1, 0.15) is 6.42 Å². The summed E-state index contributed by atoms with van der Waals surface area (Å²) < 4.78 is 0. The second-order valence-corrected chi connectivity index (χ2v) is 2.16. The summed E-state index contributed by atoms with van der Waals surface area (Å²) in [6.07, 6.45) is 0.405. The summed E-state index contributed by atoms with van der Waals surface area (Å²) in [7, 11) is 0. The first-order valence-corrected chi connectivity index (χ1v) is 2.35. The van der Waals surface area contributed by atoms with Crippen LogP contribution in [0.2, 0.25) is 0 Å². The zero-order chi connectivity index (χ0) is 6.36. The van der Waals surface area contributed by atoms with Crippen LogP contribution in [-0.4, -0.2) is 22.7 Å². The molecule has 4 nitrogen and oxygen atoms in total. The monoisotopic (exact) mass is 116 g/mol. The minimum absolute atomic E-state index is 0.333. The van der Waals surface area contributed by atoms with Gasteiger partial charge in [0.05, 0.1) is 0 Å². The smallest absolute Gasteiger partial charge is 0.325 e. The summed E-state index contributed by atoms with van der Waals surface area (Å²) in [4.78, 5) is 10.1. The van der Waals surface area contributed by atoms with E-state index in [4.69, 9.17) is 16.6 Å². The number of carboxylic acid groups (broad SMARTS) is 1. The van der Waals surface area contributed by atoms with E-state index in [2.05, 4.69) is 0 Å². The summed E-state index contributed by atoms with van der Waals surface area (Å²) in [5, 5.41) is 8.28. The first-order valence-electron chi connectivity index (χ1n) is 2.35. The number of aliphatic carboxylic acids is 1. The highest BCUT2D eigenvalue weighted by Gasteiger charge is 2.55. The normalized spacial score (nSPS) is 44.0. The molecule has 8 heavy (non-hydrogen) atoms. The van der Waals surface area contributed by atoms with E-state index >= 15 is 0 Å². The van der Waals surface area contributed by atoms with Gasteiger partial charge >= 0.3 is 5.97 Å². The maximum absolute atomic E-state index is 10.1. The molecule has 1 aliphatic carbocycles. The Bertz CT molecular complexity index is 136. The zero-order valence-corrected chi connectivity index (χ0v) is 4.29. The average Bonchev–Trinajstić information content (AvgIpc) is 2.17. The summed E-state index contributed by atoms with van der Waals surface area (Å²) >= 11 is 0. The molecule has 0 aromatic carbocycles. The number of carboxylic acids is 1. The van der Waals surface area contributed by atoms with Crippen LogP contribution in [0.25, 0.3) is 0 Å². The zero-order valence-electron chi connectivity index (χ0n) is 4.29. The molecular weight excluding hydrogens is 108 g/mol. The Morgan fingerprint density at radius 2 is 2.25 bits per heavy atom. The van der Waals surface area contributed by atoms with Gasteiger partial charge in [-0.05, 0) is 6.42 Å². The van der Waals surface area contributed by atoms with Crippen molar-refractivity contribution in [3.63, 3.8) is 0 Å². The van der Waals surface area contributed by atoms with Gasteiger partial charge in [-0.3, -0.25) is 4.79 Å². The quantitative estimate of drug-likeness (QED) is 0.389. The van der Waals surface area contributed by atoms with Gasteiger partial charge in [-0.15, -0.1) is 0 Å². The number of nitrogens with two attached hydrogens (primary N) is 2. The largest absolute Gasteiger partial charge is 0.480 e. The van der Waals surface area contributed by atoms with Crippen LogP contribution in [0, 0.1) is 0 Å². The van der Waals surface area contributed by atoms with Gasteiger partial charge in [-0.2, -0.15) is 0 Å². The van der Waals surface area contributed by atoms with Crippen molar-refractivity contribution in [1.82, 2.24) is 0 Å². The number of hydrogen-bond donors (Lipinski definition) is 3. The molecule has 0 aromatic heterocycles. The molecule has 0 aliphatic heterocycles. The molecule has 0 saturated heterocycles. The first-order chi connectivity index (χ1) is 3.57. The predicted molar refractivity (Wildman–Crippen MR) is 27.1 cm³/mol. The van der Waals surface area contributed by atoms with Crippen LogP contribution < -0.4 is 11.5 Å². The van der Waals surface area contributed by atoms with Crippen molar-refractivity contribution in [3.05, 3.63) is 0 Å². The molecule has 2 unspecified atom stereocenters. The van der Waals surface area contributed by atoms with E-state index in [1.165, 1.54) is 0 Å². The van der Waals surface area contributed by atoms with Crippen LogP contribution in [0.5, 0.6) is 0 Å². The predicted octanol–water partition coefficient (Wildman–Crippen LogP) is -1.50. The van der Waals surface area contributed by atoms with Crippen molar-refractivity contribution >= 4 is 5.97 Å². The first kappa shape index (κ1) is 5.53. The van der Waals surface area contributed by atoms with Gasteiger partial charge in [0.1, 0.15) is 5.54 Å². The maximum Gasteiger partial charge on any atom is 0.325 e. The van der Waals surface area contributed by atoms with Gasteiger partial charge < -0.3 is 16.6 Å². The number of rotatable bonds is 1. The highest BCUT2D eigenvalue weighted by Crippen LogP contribution is 2.30. The molecule has 5 N–H and O–H groups in total. The molecular formula is C4H8N2O2. The standard InChI is InChI=1S/C4H8N2O2/c5-2-1-4(2,6)3(7)8/h2H,1,5-6H2,(H,7,8). The molecule has 0 heterocycles. The Labute approximate surface area is 46.5 Å². The number of hydrogen-bond acceptors (Lipinski definition) is 3. The summed E-state index contributed by atoms with van der Waals surface area (Å²) in [5.41, 5.74) is 9.31. The molecule has 1 aliphatic rings. The lowest BCUT2D eigenvalue weighted by Gasteiger charge is -1.98. The Morgan fingerprint density at radius 3 is 2.25 bits per heavy atom. The Kier molecular flexibility index (Phi) is 0.835. The molecule has 1 saturated carbocycles. The highest BCUT2D eigenvalue weighted by atomic mass is 16.4. The van der Waals surface area contributed by atoms with E-state index in [0.717, 1.165) is 0 Å². The Balaban J connectivity index is 2.60. The van der Waals surface area contributed by atoms with E-state index in [-0.39, 0.29) is 6.04 Å². The maximum atomic E-state index is 10.1. The van der Waals surface area contributed by atoms with Crippen molar-refractivity contribution in [2.75, 3.05) is 0 Å². The van der Waals surface area contributed by atoms with Gasteiger partial charge in [-0.1, -0.05) is 0 Å². The fourth-order valence-corrected chi connectivity index (χ4v) is 0.551. The molecule has 46 valence electrons. The van der Waals surface area contributed by atoms with Crippen LogP contribution >= 0.6 is 0 Å². The molecule has 0 spiro atoms. The van der Waals surface area contributed by atoms with Gasteiger partial charge in [0.25, 0.3) is 0 Å². The lowest BCUT2D eigenvalue weighted by molar-refractivity contribution is -0.139. The SMILES string of the molecule is NC1CC1(N)C(=O)O. The fraction of sp³-hybridized carbons (Fsp3) is 0.750. The topological polar surface area (TPSA) is 89.3 Å². The molecule has 0 radical (unpaired) electrons. The molecule has 0 bridgehead atoms. The lowest BCUT2D eigenvalue weighted by atomic mass is 10.3. The van der Waals surface area contributed by atoms with E-state index < -0.39 is 11.5 Å². The van der Waals surface area contributed by atoms with Crippen molar-refractivity contribution in [1.29, 1.82) is 0 Å². The van der Waals surface area contributed by atoms with Crippen LogP contribution in [0.15, 0.2) is 0 Å². The average molecular weight is 116 g/mol. The molecule has 1 fully saturated rings. The third kappa shape index (κ3) is 0.502. The van der Waals surface area contributed by atoms with Crippen LogP contribution in [0.3, 0.4) is 0 Å². The molecule has 1 rings (SSSR count). The van der Waals surface area contributed by atoms with Crippen molar-refractivity contribution in [2.45, 2.75) is 18.0 Å². The van der Waals surface area contributed by atoms with E-state index in [9.17, 15) is 4.79 Å². The lowest BCUT2D eigenvalue weighted by Crippen LogP contribution is -2.39. The van der Waals surface area contributed by atoms with E-state index in [1.54, 1.807) is 0 Å². The third-order valence-corrected chi connectivity index (χ3v) is 1.46. The molecule has 2 atom stereocenters.